The van der Waals surface area contributed by atoms with E-state index in [0.29, 0.717) is 26.1 Å². The number of imidazole rings is 1. The Kier molecular flexibility index (Phi) is 13.3. The van der Waals surface area contributed by atoms with Crippen LogP contribution in [0.3, 0.4) is 0 Å². The zero-order chi connectivity index (χ0) is 33.6. The summed E-state index contributed by atoms with van der Waals surface area (Å²) in [5.74, 6) is 1.84. The van der Waals surface area contributed by atoms with Crippen LogP contribution in [0.4, 0.5) is 17.1 Å². The number of piperazine rings is 1. The van der Waals surface area contributed by atoms with Gasteiger partial charge in [0.15, 0.2) is 0 Å². The number of aliphatic imine (C=N–C) groups is 1. The number of anilines is 2. The fourth-order valence-electron chi connectivity index (χ4n) is 5.90. The summed E-state index contributed by atoms with van der Waals surface area (Å²) in [6, 6.07) is 20.7. The van der Waals surface area contributed by atoms with E-state index in [-0.39, 0.29) is 5.91 Å². The Morgan fingerprint density at radius 2 is 1.73 bits per heavy atom. The second kappa shape index (κ2) is 18.2. The van der Waals surface area contributed by atoms with E-state index in [4.69, 9.17) is 20.4 Å². The Labute approximate surface area is 285 Å². The van der Waals surface area contributed by atoms with Crippen molar-refractivity contribution >= 4 is 40.2 Å². The summed E-state index contributed by atoms with van der Waals surface area (Å²) in [4.78, 5) is 29.6. The largest absolute Gasteiger partial charge is 0.494 e. The van der Waals surface area contributed by atoms with Gasteiger partial charge in [0.1, 0.15) is 11.6 Å². The minimum atomic E-state index is 0.139. The van der Waals surface area contributed by atoms with Gasteiger partial charge in [-0.25, -0.2) is 4.98 Å². The molecule has 48 heavy (non-hydrogen) atoms. The van der Waals surface area contributed by atoms with Crippen molar-refractivity contribution < 1.29 is 9.53 Å². The van der Waals surface area contributed by atoms with E-state index in [2.05, 4.69) is 62.8 Å². The zero-order valence-electron chi connectivity index (χ0n) is 28.6. The van der Waals surface area contributed by atoms with Crippen molar-refractivity contribution in [2.75, 3.05) is 70.2 Å². The van der Waals surface area contributed by atoms with Gasteiger partial charge in [-0.05, 0) is 93.0 Å². The van der Waals surface area contributed by atoms with Crippen LogP contribution in [0.1, 0.15) is 56.9 Å². The van der Waals surface area contributed by atoms with Crippen LogP contribution >= 0.6 is 0 Å². The third-order valence-electron chi connectivity index (χ3n) is 8.87. The maximum atomic E-state index is 11.7. The van der Waals surface area contributed by atoms with Crippen molar-refractivity contribution in [1.29, 1.82) is 0 Å². The van der Waals surface area contributed by atoms with Gasteiger partial charge < -0.3 is 35.9 Å². The van der Waals surface area contributed by atoms with Crippen molar-refractivity contribution in [2.24, 2.45) is 10.7 Å². The minimum Gasteiger partial charge on any atom is -0.494 e. The minimum absolute atomic E-state index is 0.139. The molecular weight excluding hydrogens is 600 g/mol. The van der Waals surface area contributed by atoms with Crippen LogP contribution in [0.5, 0.6) is 5.75 Å². The highest BCUT2D eigenvalue weighted by atomic mass is 16.5. The summed E-state index contributed by atoms with van der Waals surface area (Å²) >= 11 is 0. The van der Waals surface area contributed by atoms with Crippen molar-refractivity contribution in [1.82, 2.24) is 20.2 Å². The average molecular weight is 653 g/mol. The molecule has 10 nitrogen and oxygen atoms in total. The molecule has 0 bridgehead atoms. The first-order valence-corrected chi connectivity index (χ1v) is 17.5. The summed E-state index contributed by atoms with van der Waals surface area (Å²) in [5.41, 5.74) is 12.5. The van der Waals surface area contributed by atoms with E-state index >= 15 is 0 Å². The molecule has 2 heterocycles. The lowest BCUT2D eigenvalue weighted by molar-refractivity contribution is -0.121. The predicted molar refractivity (Wildman–Crippen MR) is 199 cm³/mol. The number of fused-ring (bicyclic) bond motifs is 1. The predicted octanol–water partition coefficient (Wildman–Crippen LogP) is 6.35. The molecule has 0 spiro atoms. The Morgan fingerprint density at radius 1 is 0.958 bits per heavy atom. The number of nitrogens with two attached hydrogens (primary N) is 1. The van der Waals surface area contributed by atoms with E-state index in [1.54, 1.807) is 0 Å². The number of nitrogens with zero attached hydrogens (tertiary/aromatic N) is 4. The first-order chi connectivity index (χ1) is 23.5. The number of nitrogens with one attached hydrogen (secondary N) is 3. The number of likely N-dealkylation sites (N-methyl/N-ethyl adjacent to an activating group) is 1. The number of hydrogen-bond donors (Lipinski definition) is 4. The first kappa shape index (κ1) is 34.9. The SMILES string of the molecule is CNc1cc(N2CCN(C)CC2)ccc1N=Cc1ccc2nc(-c3ccc(OCCCCCCCCC(=O)NCCCN)cc3)[nH]c2c1. The Balaban J connectivity index is 1.06. The molecule has 4 aromatic rings. The molecule has 256 valence electrons. The third-order valence-corrected chi connectivity index (χ3v) is 8.87. The van der Waals surface area contributed by atoms with Gasteiger partial charge >= 0.3 is 0 Å². The third kappa shape index (κ3) is 10.3. The van der Waals surface area contributed by atoms with Crippen LogP contribution in [0, 0.1) is 0 Å². The molecule has 1 amide bonds. The normalized spacial score (nSPS) is 13.8. The summed E-state index contributed by atoms with van der Waals surface area (Å²) in [6.45, 7) is 6.23. The highest BCUT2D eigenvalue weighted by Crippen LogP contribution is 2.31. The number of ether oxygens (including phenoxy) is 1. The Morgan fingerprint density at radius 3 is 2.50 bits per heavy atom. The summed E-state index contributed by atoms with van der Waals surface area (Å²) in [6.07, 6.45) is 9.86. The van der Waals surface area contributed by atoms with Gasteiger partial charge in [-0.15, -0.1) is 0 Å². The molecule has 0 saturated carbocycles. The van der Waals surface area contributed by atoms with Gasteiger partial charge in [0.05, 0.1) is 29.0 Å². The molecule has 3 aromatic carbocycles. The van der Waals surface area contributed by atoms with Crippen molar-refractivity contribution in [3.8, 4) is 17.1 Å². The molecule has 10 heteroatoms. The van der Waals surface area contributed by atoms with Crippen LogP contribution in [0.2, 0.25) is 0 Å². The molecule has 0 radical (unpaired) electrons. The molecule has 0 atom stereocenters. The highest BCUT2D eigenvalue weighted by Gasteiger charge is 2.15. The topological polar surface area (TPSA) is 124 Å². The maximum Gasteiger partial charge on any atom is 0.219 e. The van der Waals surface area contributed by atoms with Crippen LogP contribution in [-0.4, -0.2) is 87.0 Å². The lowest BCUT2D eigenvalue weighted by Crippen LogP contribution is -2.44. The number of carbonyl (C=O) groups is 1. The number of aromatic amines is 1. The van der Waals surface area contributed by atoms with Gasteiger partial charge in [0, 0.05) is 63.7 Å². The van der Waals surface area contributed by atoms with E-state index in [0.717, 1.165) is 116 Å². The number of hydrogen-bond acceptors (Lipinski definition) is 8. The highest BCUT2D eigenvalue weighted by molar-refractivity contribution is 5.90. The molecule has 1 saturated heterocycles. The van der Waals surface area contributed by atoms with Crippen LogP contribution in [0.15, 0.2) is 65.7 Å². The van der Waals surface area contributed by atoms with Crippen molar-refractivity contribution in [3.05, 3.63) is 66.2 Å². The van der Waals surface area contributed by atoms with Gasteiger partial charge in [-0.2, -0.15) is 0 Å². The quantitative estimate of drug-likeness (QED) is 0.0730. The molecule has 1 aliphatic rings. The lowest BCUT2D eigenvalue weighted by Gasteiger charge is -2.34. The molecule has 5 rings (SSSR count). The number of amides is 1. The fraction of sp³-hybridized carbons (Fsp3) is 0.447. The summed E-state index contributed by atoms with van der Waals surface area (Å²) in [7, 11) is 4.12. The maximum absolute atomic E-state index is 11.7. The van der Waals surface area contributed by atoms with E-state index < -0.39 is 0 Å². The van der Waals surface area contributed by atoms with E-state index in [1.807, 2.05) is 43.6 Å². The van der Waals surface area contributed by atoms with Crippen LogP contribution < -0.4 is 26.0 Å². The number of unbranched alkanes of at least 4 members (excludes halogenated alkanes) is 5. The van der Waals surface area contributed by atoms with Crippen LogP contribution in [0.25, 0.3) is 22.4 Å². The standard InChI is InChI=1S/C38H52N8O2/c1-40-35-27-31(46-23-21-45(2)22-24-46)14-18-33(35)42-28-29-11-17-34-36(26-29)44-38(43-34)30-12-15-32(16-13-30)48-25-8-6-4-3-5-7-10-37(47)41-20-9-19-39/h11-18,26-28,40H,3-10,19-25,39H2,1-2H3,(H,41,47)(H,43,44). The molecule has 0 unspecified atom stereocenters. The van der Waals surface area contributed by atoms with Crippen molar-refractivity contribution in [2.45, 2.75) is 51.4 Å². The second-order valence-electron chi connectivity index (χ2n) is 12.6. The summed E-state index contributed by atoms with van der Waals surface area (Å²) in [5, 5.41) is 6.23. The fourth-order valence-corrected chi connectivity index (χ4v) is 5.90. The average Bonchev–Trinajstić information content (AvgIpc) is 3.54. The second-order valence-corrected chi connectivity index (χ2v) is 12.6. The number of benzene rings is 3. The molecular formula is C38H52N8O2. The van der Waals surface area contributed by atoms with Gasteiger partial charge in [-0.1, -0.05) is 31.7 Å². The molecule has 1 aliphatic heterocycles. The van der Waals surface area contributed by atoms with E-state index in [1.165, 1.54) is 5.69 Å². The van der Waals surface area contributed by atoms with E-state index in [9.17, 15) is 4.79 Å². The number of aromatic nitrogens is 2. The Hall–Kier alpha value is -4.41. The number of carbonyl (C=O) groups excluding carboxylic acids is 1. The smallest absolute Gasteiger partial charge is 0.219 e. The zero-order valence-corrected chi connectivity index (χ0v) is 28.6. The number of rotatable bonds is 18. The molecule has 5 N–H and O–H groups in total. The van der Waals surface area contributed by atoms with Gasteiger partial charge in [-0.3, -0.25) is 9.79 Å². The van der Waals surface area contributed by atoms with Crippen LogP contribution in [-0.2, 0) is 4.79 Å². The first-order valence-electron chi connectivity index (χ1n) is 17.5. The summed E-state index contributed by atoms with van der Waals surface area (Å²) < 4.78 is 5.98. The molecule has 1 aromatic heterocycles. The van der Waals surface area contributed by atoms with Gasteiger partial charge in [0.2, 0.25) is 5.91 Å². The Bertz CT molecular complexity index is 1610. The lowest BCUT2D eigenvalue weighted by atomic mass is 10.1. The van der Waals surface area contributed by atoms with Crippen molar-refractivity contribution in [3.63, 3.8) is 0 Å². The molecule has 0 aliphatic carbocycles. The monoisotopic (exact) mass is 652 g/mol. The van der Waals surface area contributed by atoms with Gasteiger partial charge in [0.25, 0.3) is 0 Å². The number of H-pyrrole nitrogens is 1. The molecule has 1 fully saturated rings.